The van der Waals surface area contributed by atoms with Gasteiger partial charge in [-0.15, -0.1) is 0 Å². The monoisotopic (exact) mass is 312 g/mol. The highest BCUT2D eigenvalue weighted by Crippen LogP contribution is 2.25. The summed E-state index contributed by atoms with van der Waals surface area (Å²) < 4.78 is 10.5. The van der Waals surface area contributed by atoms with Crippen molar-refractivity contribution < 1.29 is 14.3 Å². The lowest BCUT2D eigenvalue weighted by atomic mass is 10.1. The third-order valence-electron chi connectivity index (χ3n) is 3.44. The molecule has 0 bridgehead atoms. The van der Waals surface area contributed by atoms with Crippen LogP contribution >= 0.6 is 0 Å². The van der Waals surface area contributed by atoms with E-state index in [1.807, 2.05) is 31.2 Å². The van der Waals surface area contributed by atoms with Crippen molar-refractivity contribution >= 4 is 11.6 Å². The van der Waals surface area contributed by atoms with Crippen LogP contribution in [0.2, 0.25) is 0 Å². The van der Waals surface area contributed by atoms with Crippen LogP contribution in [-0.4, -0.2) is 25.8 Å². The van der Waals surface area contributed by atoms with Crippen LogP contribution in [0.15, 0.2) is 47.6 Å². The van der Waals surface area contributed by atoms with Gasteiger partial charge < -0.3 is 9.47 Å². The first-order valence-electron chi connectivity index (χ1n) is 7.19. The normalized spacial score (nSPS) is 11.0. The highest BCUT2D eigenvalue weighted by atomic mass is 16.5. The Morgan fingerprint density at radius 1 is 1.04 bits per heavy atom. The summed E-state index contributed by atoms with van der Waals surface area (Å²) in [5, 5.41) is 4.15. The number of amides is 1. The molecular weight excluding hydrogens is 292 g/mol. The molecule has 0 aliphatic rings. The number of ether oxygens (including phenoxy) is 2. The molecule has 1 amide bonds. The van der Waals surface area contributed by atoms with Gasteiger partial charge in [0.05, 0.1) is 19.9 Å². The fourth-order valence-electron chi connectivity index (χ4n) is 2.06. The third kappa shape index (κ3) is 4.10. The Bertz CT molecular complexity index is 722. The van der Waals surface area contributed by atoms with Gasteiger partial charge in [0.1, 0.15) is 11.5 Å². The summed E-state index contributed by atoms with van der Waals surface area (Å²) in [6.45, 7) is 3.78. The molecule has 120 valence electrons. The van der Waals surface area contributed by atoms with Gasteiger partial charge in [-0.25, -0.2) is 5.43 Å². The average Bonchev–Trinajstić information content (AvgIpc) is 2.59. The van der Waals surface area contributed by atoms with E-state index in [0.717, 1.165) is 11.1 Å². The largest absolute Gasteiger partial charge is 0.497 e. The minimum Gasteiger partial charge on any atom is -0.497 e. The molecule has 0 saturated heterocycles. The molecule has 5 heteroatoms. The second-order valence-corrected chi connectivity index (χ2v) is 5.07. The molecule has 0 aliphatic carbocycles. The Balaban J connectivity index is 2.16. The highest BCUT2D eigenvalue weighted by molar-refractivity contribution is 6.02. The molecule has 0 aromatic heterocycles. The second-order valence-electron chi connectivity index (χ2n) is 5.07. The Kier molecular flexibility index (Phi) is 5.36. The fraction of sp³-hybridized carbons (Fsp3) is 0.222. The number of rotatable bonds is 5. The Labute approximate surface area is 135 Å². The van der Waals surface area contributed by atoms with E-state index in [4.69, 9.17) is 9.47 Å². The van der Waals surface area contributed by atoms with Gasteiger partial charge in [0.15, 0.2) is 0 Å². The molecule has 0 atom stereocenters. The van der Waals surface area contributed by atoms with Gasteiger partial charge >= 0.3 is 0 Å². The lowest BCUT2D eigenvalue weighted by Gasteiger charge is -2.10. The van der Waals surface area contributed by atoms with E-state index in [0.29, 0.717) is 22.8 Å². The van der Waals surface area contributed by atoms with Crippen LogP contribution in [0, 0.1) is 6.92 Å². The Hall–Kier alpha value is -2.82. The fourth-order valence-corrected chi connectivity index (χ4v) is 2.06. The number of benzene rings is 2. The number of carbonyl (C=O) groups is 1. The SMILES string of the molecule is COc1ccc(/C(C)=N\NC(=O)c2ccc(C)cc2)c(OC)c1. The van der Waals surface area contributed by atoms with E-state index < -0.39 is 0 Å². The van der Waals surface area contributed by atoms with Gasteiger partial charge in [-0.1, -0.05) is 17.7 Å². The van der Waals surface area contributed by atoms with Crippen molar-refractivity contribution in [1.82, 2.24) is 5.43 Å². The summed E-state index contributed by atoms with van der Waals surface area (Å²) in [4.78, 5) is 12.1. The molecular formula is C18H20N2O3. The van der Waals surface area contributed by atoms with Crippen LogP contribution < -0.4 is 14.9 Å². The number of nitrogens with one attached hydrogen (secondary N) is 1. The minimum absolute atomic E-state index is 0.253. The van der Waals surface area contributed by atoms with Gasteiger partial charge in [-0.2, -0.15) is 5.10 Å². The van der Waals surface area contributed by atoms with Gasteiger partial charge in [0.2, 0.25) is 0 Å². The lowest BCUT2D eigenvalue weighted by molar-refractivity contribution is 0.0955. The maximum atomic E-state index is 12.1. The van der Waals surface area contributed by atoms with Crippen LogP contribution in [0.5, 0.6) is 11.5 Å². The van der Waals surface area contributed by atoms with Crippen molar-refractivity contribution in [1.29, 1.82) is 0 Å². The predicted octanol–water partition coefficient (Wildman–Crippen LogP) is 3.17. The Morgan fingerprint density at radius 3 is 2.35 bits per heavy atom. The molecule has 2 rings (SSSR count). The standard InChI is InChI=1S/C18H20N2O3/c1-12-5-7-14(8-6-12)18(21)20-19-13(2)16-10-9-15(22-3)11-17(16)23-4/h5-11H,1-4H3,(H,20,21)/b19-13-. The summed E-state index contributed by atoms with van der Waals surface area (Å²) in [5.41, 5.74) is 5.66. The zero-order valence-corrected chi connectivity index (χ0v) is 13.7. The number of methoxy groups -OCH3 is 2. The number of hydrogen-bond donors (Lipinski definition) is 1. The Morgan fingerprint density at radius 2 is 1.74 bits per heavy atom. The summed E-state index contributed by atoms with van der Waals surface area (Å²) >= 11 is 0. The number of nitrogens with zero attached hydrogens (tertiary/aromatic N) is 1. The quantitative estimate of drug-likeness (QED) is 0.681. The first-order chi connectivity index (χ1) is 11.0. The molecule has 0 radical (unpaired) electrons. The van der Waals surface area contributed by atoms with Crippen LogP contribution in [-0.2, 0) is 0 Å². The van der Waals surface area contributed by atoms with E-state index in [1.54, 1.807) is 39.3 Å². The second kappa shape index (κ2) is 7.45. The van der Waals surface area contributed by atoms with Crippen molar-refractivity contribution in [3.8, 4) is 11.5 Å². The van der Waals surface area contributed by atoms with E-state index in [2.05, 4.69) is 10.5 Å². The van der Waals surface area contributed by atoms with Gasteiger partial charge in [0.25, 0.3) is 5.91 Å². The van der Waals surface area contributed by atoms with Crippen LogP contribution in [0.1, 0.15) is 28.4 Å². The molecule has 0 unspecified atom stereocenters. The minimum atomic E-state index is -0.253. The zero-order valence-electron chi connectivity index (χ0n) is 13.7. The molecule has 23 heavy (non-hydrogen) atoms. The van der Waals surface area contributed by atoms with Gasteiger partial charge in [-0.3, -0.25) is 4.79 Å². The van der Waals surface area contributed by atoms with E-state index in [-0.39, 0.29) is 5.91 Å². The number of aryl methyl sites for hydroxylation is 1. The number of hydrazone groups is 1. The average molecular weight is 312 g/mol. The molecule has 0 saturated carbocycles. The van der Waals surface area contributed by atoms with E-state index >= 15 is 0 Å². The molecule has 2 aromatic rings. The summed E-state index contributed by atoms with van der Waals surface area (Å²) in [7, 11) is 3.17. The molecule has 0 heterocycles. The van der Waals surface area contributed by atoms with E-state index in [9.17, 15) is 4.79 Å². The van der Waals surface area contributed by atoms with Crippen molar-refractivity contribution in [2.24, 2.45) is 5.10 Å². The lowest BCUT2D eigenvalue weighted by Crippen LogP contribution is -2.19. The molecule has 1 N–H and O–H groups in total. The van der Waals surface area contributed by atoms with Crippen LogP contribution in [0.3, 0.4) is 0 Å². The van der Waals surface area contributed by atoms with Gasteiger partial charge in [-0.05, 0) is 38.1 Å². The topological polar surface area (TPSA) is 59.9 Å². The first-order valence-corrected chi connectivity index (χ1v) is 7.19. The van der Waals surface area contributed by atoms with Crippen LogP contribution in [0.4, 0.5) is 0 Å². The molecule has 0 fully saturated rings. The predicted molar refractivity (Wildman–Crippen MR) is 90.4 cm³/mol. The number of hydrogen-bond acceptors (Lipinski definition) is 4. The zero-order chi connectivity index (χ0) is 16.8. The van der Waals surface area contributed by atoms with Gasteiger partial charge in [0, 0.05) is 17.2 Å². The molecule has 5 nitrogen and oxygen atoms in total. The first kappa shape index (κ1) is 16.5. The highest BCUT2D eigenvalue weighted by Gasteiger charge is 2.09. The summed E-state index contributed by atoms with van der Waals surface area (Å²) in [6, 6.07) is 12.7. The summed E-state index contributed by atoms with van der Waals surface area (Å²) in [6.07, 6.45) is 0. The van der Waals surface area contributed by atoms with Crippen molar-refractivity contribution in [3.05, 3.63) is 59.2 Å². The third-order valence-corrected chi connectivity index (χ3v) is 3.44. The van der Waals surface area contributed by atoms with Crippen LogP contribution in [0.25, 0.3) is 0 Å². The maximum Gasteiger partial charge on any atom is 0.271 e. The van der Waals surface area contributed by atoms with E-state index in [1.165, 1.54) is 0 Å². The summed E-state index contributed by atoms with van der Waals surface area (Å²) in [5.74, 6) is 1.08. The van der Waals surface area contributed by atoms with Crippen molar-refractivity contribution in [2.75, 3.05) is 14.2 Å². The molecule has 0 aliphatic heterocycles. The molecule has 0 spiro atoms. The smallest absolute Gasteiger partial charge is 0.271 e. The number of carbonyl (C=O) groups excluding carboxylic acids is 1. The van der Waals surface area contributed by atoms with Crippen molar-refractivity contribution in [3.63, 3.8) is 0 Å². The maximum absolute atomic E-state index is 12.1. The van der Waals surface area contributed by atoms with Crippen molar-refractivity contribution in [2.45, 2.75) is 13.8 Å². The molecule has 2 aromatic carbocycles.